The summed E-state index contributed by atoms with van der Waals surface area (Å²) in [6, 6.07) is 6.07. The Morgan fingerprint density at radius 2 is 1.76 bits per heavy atom. The summed E-state index contributed by atoms with van der Waals surface area (Å²) in [6.45, 7) is 6.23. The van der Waals surface area contributed by atoms with Gasteiger partial charge in [0.15, 0.2) is 0 Å². The van der Waals surface area contributed by atoms with Gasteiger partial charge in [0.1, 0.15) is 0 Å². The third-order valence-corrected chi connectivity index (χ3v) is 3.00. The fourth-order valence-corrected chi connectivity index (χ4v) is 1.93. The quantitative estimate of drug-likeness (QED) is 0.733. The standard InChI is InChI=1S/C15H23NO/c1-4-5-6-7-11-14(17)16-15-12(2)9-8-10-13(15)3/h8-10H,4-7,11H2,1-3H3,(H,16,17). The van der Waals surface area contributed by atoms with E-state index in [1.807, 2.05) is 32.0 Å². The summed E-state index contributed by atoms with van der Waals surface area (Å²) in [7, 11) is 0. The fourth-order valence-electron chi connectivity index (χ4n) is 1.93. The average molecular weight is 233 g/mol. The number of aryl methyl sites for hydroxylation is 2. The van der Waals surface area contributed by atoms with Gasteiger partial charge in [-0.15, -0.1) is 0 Å². The zero-order chi connectivity index (χ0) is 12.7. The Balaban J connectivity index is 2.45. The van der Waals surface area contributed by atoms with Crippen LogP contribution in [0, 0.1) is 13.8 Å². The number of rotatable bonds is 6. The Hall–Kier alpha value is -1.31. The molecule has 0 aromatic heterocycles. The number of amides is 1. The highest BCUT2D eigenvalue weighted by Gasteiger charge is 2.06. The summed E-state index contributed by atoms with van der Waals surface area (Å²) in [6.07, 6.45) is 5.20. The Bertz CT molecular complexity index is 351. The van der Waals surface area contributed by atoms with Crippen LogP contribution >= 0.6 is 0 Å². The molecule has 94 valence electrons. The van der Waals surface area contributed by atoms with Crippen molar-refractivity contribution in [1.82, 2.24) is 0 Å². The molecule has 1 amide bonds. The van der Waals surface area contributed by atoms with Crippen LogP contribution in [-0.4, -0.2) is 5.91 Å². The van der Waals surface area contributed by atoms with E-state index in [1.165, 1.54) is 12.8 Å². The fraction of sp³-hybridized carbons (Fsp3) is 0.533. The third-order valence-electron chi connectivity index (χ3n) is 3.00. The van der Waals surface area contributed by atoms with Crippen molar-refractivity contribution in [2.24, 2.45) is 0 Å². The molecular formula is C15H23NO. The van der Waals surface area contributed by atoms with Gasteiger partial charge in [-0.3, -0.25) is 4.79 Å². The number of carbonyl (C=O) groups excluding carboxylic acids is 1. The van der Waals surface area contributed by atoms with E-state index in [4.69, 9.17) is 0 Å². The summed E-state index contributed by atoms with van der Waals surface area (Å²) in [5.74, 6) is 0.138. The number of hydrogen-bond acceptors (Lipinski definition) is 1. The van der Waals surface area contributed by atoms with Gasteiger partial charge in [0.25, 0.3) is 0 Å². The lowest BCUT2D eigenvalue weighted by Gasteiger charge is -2.11. The largest absolute Gasteiger partial charge is 0.326 e. The van der Waals surface area contributed by atoms with Crippen molar-refractivity contribution in [3.05, 3.63) is 29.3 Å². The van der Waals surface area contributed by atoms with Crippen LogP contribution in [0.3, 0.4) is 0 Å². The number of unbranched alkanes of at least 4 members (excludes halogenated alkanes) is 3. The van der Waals surface area contributed by atoms with E-state index in [-0.39, 0.29) is 5.91 Å². The van der Waals surface area contributed by atoms with Gasteiger partial charge in [0, 0.05) is 12.1 Å². The summed E-state index contributed by atoms with van der Waals surface area (Å²) >= 11 is 0. The molecule has 17 heavy (non-hydrogen) atoms. The van der Waals surface area contributed by atoms with Crippen molar-refractivity contribution in [3.63, 3.8) is 0 Å². The number of anilines is 1. The second-order valence-corrected chi connectivity index (χ2v) is 4.63. The lowest BCUT2D eigenvalue weighted by atomic mass is 10.1. The van der Waals surface area contributed by atoms with Gasteiger partial charge < -0.3 is 5.32 Å². The molecule has 0 spiro atoms. The molecular weight excluding hydrogens is 210 g/mol. The number of nitrogens with one attached hydrogen (secondary N) is 1. The number of hydrogen-bond donors (Lipinski definition) is 1. The van der Waals surface area contributed by atoms with Crippen molar-refractivity contribution >= 4 is 11.6 Å². The molecule has 0 bridgehead atoms. The van der Waals surface area contributed by atoms with E-state index in [1.54, 1.807) is 0 Å². The molecule has 0 saturated carbocycles. The molecule has 0 aliphatic carbocycles. The first-order valence-corrected chi connectivity index (χ1v) is 6.51. The van der Waals surface area contributed by atoms with Gasteiger partial charge in [0.05, 0.1) is 0 Å². The molecule has 0 heterocycles. The third kappa shape index (κ3) is 4.59. The Morgan fingerprint density at radius 1 is 1.12 bits per heavy atom. The smallest absolute Gasteiger partial charge is 0.224 e. The van der Waals surface area contributed by atoms with Gasteiger partial charge in [-0.05, 0) is 31.4 Å². The molecule has 0 aliphatic heterocycles. The van der Waals surface area contributed by atoms with Crippen molar-refractivity contribution in [1.29, 1.82) is 0 Å². The van der Waals surface area contributed by atoms with E-state index in [0.717, 1.165) is 29.7 Å². The molecule has 0 saturated heterocycles. The van der Waals surface area contributed by atoms with E-state index < -0.39 is 0 Å². The van der Waals surface area contributed by atoms with Gasteiger partial charge in [-0.2, -0.15) is 0 Å². The van der Waals surface area contributed by atoms with Crippen LogP contribution in [0.5, 0.6) is 0 Å². The maximum Gasteiger partial charge on any atom is 0.224 e. The monoisotopic (exact) mass is 233 g/mol. The van der Waals surface area contributed by atoms with Gasteiger partial charge in [-0.25, -0.2) is 0 Å². The number of para-hydroxylation sites is 1. The topological polar surface area (TPSA) is 29.1 Å². The lowest BCUT2D eigenvalue weighted by molar-refractivity contribution is -0.116. The van der Waals surface area contributed by atoms with Crippen molar-refractivity contribution in [3.8, 4) is 0 Å². The second kappa shape index (κ2) is 7.10. The zero-order valence-corrected chi connectivity index (χ0v) is 11.2. The maximum atomic E-state index is 11.8. The Morgan fingerprint density at radius 3 is 2.35 bits per heavy atom. The van der Waals surface area contributed by atoms with Crippen LogP contribution in [0.1, 0.15) is 50.2 Å². The molecule has 0 fully saturated rings. The molecule has 1 rings (SSSR count). The van der Waals surface area contributed by atoms with Crippen LogP contribution in [-0.2, 0) is 4.79 Å². The Labute approximate surface area is 104 Å². The molecule has 0 aliphatic rings. The minimum absolute atomic E-state index is 0.138. The highest BCUT2D eigenvalue weighted by atomic mass is 16.1. The zero-order valence-electron chi connectivity index (χ0n) is 11.2. The van der Waals surface area contributed by atoms with Gasteiger partial charge in [0.2, 0.25) is 5.91 Å². The van der Waals surface area contributed by atoms with Crippen LogP contribution in [0.2, 0.25) is 0 Å². The van der Waals surface area contributed by atoms with Gasteiger partial charge >= 0.3 is 0 Å². The summed E-state index contributed by atoms with van der Waals surface area (Å²) < 4.78 is 0. The minimum atomic E-state index is 0.138. The van der Waals surface area contributed by atoms with E-state index in [2.05, 4.69) is 12.2 Å². The first-order chi connectivity index (χ1) is 8.15. The van der Waals surface area contributed by atoms with Crippen molar-refractivity contribution in [2.45, 2.75) is 52.9 Å². The van der Waals surface area contributed by atoms with Crippen LogP contribution < -0.4 is 5.32 Å². The molecule has 2 nitrogen and oxygen atoms in total. The van der Waals surface area contributed by atoms with Gasteiger partial charge in [-0.1, -0.05) is 44.4 Å². The van der Waals surface area contributed by atoms with Crippen LogP contribution in [0.25, 0.3) is 0 Å². The highest BCUT2D eigenvalue weighted by molar-refractivity contribution is 5.92. The van der Waals surface area contributed by atoms with E-state index in [9.17, 15) is 4.79 Å². The molecule has 0 atom stereocenters. The number of carbonyl (C=O) groups is 1. The predicted molar refractivity (Wildman–Crippen MR) is 73.3 cm³/mol. The summed E-state index contributed by atoms with van der Waals surface area (Å²) in [4.78, 5) is 11.8. The molecule has 1 N–H and O–H groups in total. The second-order valence-electron chi connectivity index (χ2n) is 4.63. The van der Waals surface area contributed by atoms with E-state index >= 15 is 0 Å². The first-order valence-electron chi connectivity index (χ1n) is 6.51. The summed E-state index contributed by atoms with van der Waals surface area (Å²) in [5.41, 5.74) is 3.24. The number of benzene rings is 1. The lowest BCUT2D eigenvalue weighted by Crippen LogP contribution is -2.13. The molecule has 0 unspecified atom stereocenters. The average Bonchev–Trinajstić information content (AvgIpc) is 2.30. The predicted octanol–water partition coefficient (Wildman–Crippen LogP) is 4.21. The maximum absolute atomic E-state index is 11.8. The SMILES string of the molecule is CCCCCCC(=O)Nc1c(C)cccc1C. The minimum Gasteiger partial charge on any atom is -0.326 e. The molecule has 1 aromatic rings. The van der Waals surface area contributed by atoms with Crippen LogP contribution in [0.4, 0.5) is 5.69 Å². The molecule has 2 heteroatoms. The molecule has 0 radical (unpaired) electrons. The summed E-state index contributed by atoms with van der Waals surface area (Å²) in [5, 5.41) is 3.02. The molecule has 1 aromatic carbocycles. The van der Waals surface area contributed by atoms with Crippen molar-refractivity contribution < 1.29 is 4.79 Å². The van der Waals surface area contributed by atoms with Crippen molar-refractivity contribution in [2.75, 3.05) is 5.32 Å². The first kappa shape index (κ1) is 13.8. The highest BCUT2D eigenvalue weighted by Crippen LogP contribution is 2.19. The Kier molecular flexibility index (Phi) is 5.75. The van der Waals surface area contributed by atoms with Crippen LogP contribution in [0.15, 0.2) is 18.2 Å². The van der Waals surface area contributed by atoms with E-state index in [0.29, 0.717) is 6.42 Å². The normalized spacial score (nSPS) is 10.3.